The normalized spacial score (nSPS) is 11.3. The van der Waals surface area contributed by atoms with E-state index in [9.17, 15) is 0 Å². The number of nitrogens with zero attached hydrogens (tertiary/aromatic N) is 2. The minimum atomic E-state index is -1.67. The Balaban J connectivity index is 1.88. The van der Waals surface area contributed by atoms with Crippen molar-refractivity contribution in [1.82, 2.24) is 4.98 Å². The first kappa shape index (κ1) is 16.5. The second kappa shape index (κ2) is 6.61. The zero-order chi connectivity index (χ0) is 17.2. The summed E-state index contributed by atoms with van der Waals surface area (Å²) in [6.07, 6.45) is 2.06. The molecule has 0 saturated heterocycles. The first-order valence-electron chi connectivity index (χ1n) is 8.28. The van der Waals surface area contributed by atoms with Gasteiger partial charge in [-0.2, -0.15) is 0 Å². The van der Waals surface area contributed by atoms with Crippen LogP contribution in [0.1, 0.15) is 0 Å². The van der Waals surface area contributed by atoms with Gasteiger partial charge in [0.1, 0.15) is 8.07 Å². The molecule has 1 heterocycles. The summed E-state index contributed by atoms with van der Waals surface area (Å²) < 4.78 is 0. The van der Waals surface area contributed by atoms with Gasteiger partial charge in [-0.15, -0.1) is 0 Å². The summed E-state index contributed by atoms with van der Waals surface area (Å²) in [7, 11) is 2.44. The highest BCUT2D eigenvalue weighted by molar-refractivity contribution is 7.00. The van der Waals surface area contributed by atoms with Gasteiger partial charge in [-0.25, -0.2) is 0 Å². The lowest BCUT2D eigenvalue weighted by Crippen LogP contribution is -2.52. The lowest BCUT2D eigenvalue weighted by molar-refractivity contribution is 1.13. The van der Waals surface area contributed by atoms with E-state index in [-0.39, 0.29) is 0 Å². The number of pyridine rings is 1. The van der Waals surface area contributed by atoms with Gasteiger partial charge in [0.25, 0.3) is 0 Å². The zero-order valence-corrected chi connectivity index (χ0v) is 15.8. The fourth-order valence-electron chi connectivity index (χ4n) is 2.89. The maximum atomic E-state index is 4.74. The highest BCUT2D eigenvalue weighted by atomic mass is 28.3. The molecule has 2 aromatic carbocycles. The largest absolute Gasteiger partial charge is 0.378 e. The number of benzene rings is 2. The quantitative estimate of drug-likeness (QED) is 0.678. The Bertz CT molecular complexity index is 792. The van der Waals surface area contributed by atoms with E-state index in [1.807, 2.05) is 0 Å². The predicted molar refractivity (Wildman–Crippen MR) is 107 cm³/mol. The third-order valence-corrected chi connectivity index (χ3v) is 8.18. The van der Waals surface area contributed by atoms with Gasteiger partial charge in [-0.05, 0) is 23.4 Å². The highest BCUT2D eigenvalue weighted by Gasteiger charge is 2.25. The third-order valence-electron chi connectivity index (χ3n) is 4.66. The van der Waals surface area contributed by atoms with Crippen LogP contribution in [0.3, 0.4) is 0 Å². The van der Waals surface area contributed by atoms with Crippen molar-refractivity contribution in [3.8, 4) is 11.3 Å². The molecule has 3 heteroatoms. The molecule has 0 spiro atoms. The molecule has 2 nitrogen and oxygen atoms in total. The van der Waals surface area contributed by atoms with Crippen LogP contribution in [0, 0.1) is 0 Å². The Morgan fingerprint density at radius 3 is 1.96 bits per heavy atom. The average Bonchev–Trinajstić information content (AvgIpc) is 2.62. The van der Waals surface area contributed by atoms with Crippen LogP contribution in [0.15, 0.2) is 72.9 Å². The molecular weight excluding hydrogens is 308 g/mol. The SMILES string of the molecule is CN(C)c1ccc(-c2ccc([Si](C)(C)c3ccccc3)cn2)cc1. The van der Waals surface area contributed by atoms with Crippen LogP contribution >= 0.6 is 0 Å². The maximum Gasteiger partial charge on any atom is 0.114 e. The first-order valence-corrected chi connectivity index (χ1v) is 11.3. The topological polar surface area (TPSA) is 16.1 Å². The zero-order valence-electron chi connectivity index (χ0n) is 14.8. The third kappa shape index (κ3) is 3.26. The van der Waals surface area contributed by atoms with Crippen LogP contribution in [-0.4, -0.2) is 27.2 Å². The van der Waals surface area contributed by atoms with Crippen molar-refractivity contribution in [2.24, 2.45) is 0 Å². The summed E-state index contributed by atoms with van der Waals surface area (Å²) in [5.74, 6) is 0. The molecule has 0 atom stereocenters. The van der Waals surface area contributed by atoms with E-state index >= 15 is 0 Å². The van der Waals surface area contributed by atoms with Crippen LogP contribution in [0.2, 0.25) is 13.1 Å². The molecule has 1 aromatic heterocycles. The highest BCUT2D eigenvalue weighted by Crippen LogP contribution is 2.20. The van der Waals surface area contributed by atoms with Crippen LogP contribution in [0.25, 0.3) is 11.3 Å². The van der Waals surface area contributed by atoms with Gasteiger partial charge in [0, 0.05) is 31.5 Å². The maximum absolute atomic E-state index is 4.74. The fourth-order valence-corrected chi connectivity index (χ4v) is 5.13. The van der Waals surface area contributed by atoms with Gasteiger partial charge in [0.05, 0.1) is 5.69 Å². The smallest absolute Gasteiger partial charge is 0.114 e. The summed E-state index contributed by atoms with van der Waals surface area (Å²) in [4.78, 5) is 6.84. The van der Waals surface area contributed by atoms with Crippen LogP contribution in [-0.2, 0) is 0 Å². The molecule has 0 aliphatic carbocycles. The fraction of sp³-hybridized carbons (Fsp3) is 0.190. The minimum absolute atomic E-state index is 1.03. The van der Waals surface area contributed by atoms with Crippen LogP contribution < -0.4 is 15.3 Å². The van der Waals surface area contributed by atoms with Crippen molar-refractivity contribution < 1.29 is 0 Å². The molecule has 0 fully saturated rings. The van der Waals surface area contributed by atoms with Crippen molar-refractivity contribution in [3.05, 3.63) is 72.9 Å². The van der Waals surface area contributed by atoms with Crippen molar-refractivity contribution in [3.63, 3.8) is 0 Å². The molecule has 0 radical (unpaired) electrons. The summed E-state index contributed by atoms with van der Waals surface area (Å²) in [6.45, 7) is 4.76. The average molecular weight is 333 g/mol. The van der Waals surface area contributed by atoms with E-state index in [0.717, 1.165) is 11.3 Å². The number of rotatable bonds is 4. The number of aromatic nitrogens is 1. The number of hydrogen-bond donors (Lipinski definition) is 0. The molecule has 0 unspecified atom stereocenters. The van der Waals surface area contributed by atoms with E-state index in [1.165, 1.54) is 16.1 Å². The van der Waals surface area contributed by atoms with Gasteiger partial charge in [0.2, 0.25) is 0 Å². The van der Waals surface area contributed by atoms with Crippen LogP contribution in [0.4, 0.5) is 5.69 Å². The van der Waals surface area contributed by atoms with Gasteiger partial charge in [0.15, 0.2) is 0 Å². The Kier molecular flexibility index (Phi) is 4.54. The van der Waals surface area contributed by atoms with E-state index in [4.69, 9.17) is 4.98 Å². The summed E-state index contributed by atoms with van der Waals surface area (Å²) in [6, 6.07) is 23.7. The van der Waals surface area contributed by atoms with E-state index in [2.05, 4.69) is 105 Å². The van der Waals surface area contributed by atoms with Gasteiger partial charge >= 0.3 is 0 Å². The van der Waals surface area contributed by atoms with Crippen molar-refractivity contribution in [1.29, 1.82) is 0 Å². The Hall–Kier alpha value is -2.39. The molecule has 0 saturated carbocycles. The number of anilines is 1. The Labute approximate surface area is 145 Å². The van der Waals surface area contributed by atoms with Gasteiger partial charge < -0.3 is 4.90 Å². The van der Waals surface area contributed by atoms with Gasteiger partial charge in [-0.3, -0.25) is 4.98 Å². The molecule has 24 heavy (non-hydrogen) atoms. The Morgan fingerprint density at radius 1 is 0.750 bits per heavy atom. The van der Waals surface area contributed by atoms with Crippen molar-refractivity contribution in [2.45, 2.75) is 13.1 Å². The van der Waals surface area contributed by atoms with E-state index in [1.54, 1.807) is 0 Å². The minimum Gasteiger partial charge on any atom is -0.378 e. The van der Waals surface area contributed by atoms with Gasteiger partial charge in [-0.1, -0.05) is 66.8 Å². The summed E-state index contributed by atoms with van der Waals surface area (Å²) >= 11 is 0. The molecular formula is C21H24N2Si. The second-order valence-electron chi connectivity index (χ2n) is 6.86. The summed E-state index contributed by atoms with van der Waals surface area (Å²) in [5, 5.41) is 2.80. The number of hydrogen-bond acceptors (Lipinski definition) is 2. The molecule has 0 aliphatic rings. The standard InChI is InChI=1S/C21H24N2Si/c1-23(2)18-12-10-17(11-13-18)21-15-14-20(16-22-21)24(3,4)19-8-6-5-7-9-19/h5-16H,1-4H3. The van der Waals surface area contributed by atoms with E-state index in [0.29, 0.717) is 0 Å². The second-order valence-corrected chi connectivity index (χ2v) is 11.3. The molecule has 0 aliphatic heterocycles. The van der Waals surface area contributed by atoms with E-state index < -0.39 is 8.07 Å². The van der Waals surface area contributed by atoms with Crippen molar-refractivity contribution >= 4 is 24.1 Å². The molecule has 0 bridgehead atoms. The van der Waals surface area contributed by atoms with Crippen molar-refractivity contribution in [2.75, 3.05) is 19.0 Å². The molecule has 0 amide bonds. The predicted octanol–water partition coefficient (Wildman–Crippen LogP) is 3.64. The monoisotopic (exact) mass is 332 g/mol. The molecule has 3 aromatic rings. The Morgan fingerprint density at radius 2 is 1.42 bits per heavy atom. The molecule has 3 rings (SSSR count). The first-order chi connectivity index (χ1) is 11.5. The molecule has 122 valence electrons. The molecule has 0 N–H and O–H groups in total. The lowest BCUT2D eigenvalue weighted by Gasteiger charge is -2.23. The summed E-state index contributed by atoms with van der Waals surface area (Å²) in [5.41, 5.74) is 3.39. The lowest BCUT2D eigenvalue weighted by atomic mass is 10.1. The van der Waals surface area contributed by atoms with Crippen LogP contribution in [0.5, 0.6) is 0 Å².